The van der Waals surface area contributed by atoms with E-state index in [0.717, 1.165) is 52.3 Å². The summed E-state index contributed by atoms with van der Waals surface area (Å²) in [4.78, 5) is 12.1. The van der Waals surface area contributed by atoms with Crippen molar-refractivity contribution in [1.82, 2.24) is 14.7 Å². The summed E-state index contributed by atoms with van der Waals surface area (Å²) < 4.78 is 0. The van der Waals surface area contributed by atoms with Crippen molar-refractivity contribution >= 4 is 48.5 Å². The average molecular weight is 1140 g/mol. The van der Waals surface area contributed by atoms with Gasteiger partial charge in [0.25, 0.3) is 0 Å². The monoisotopic (exact) mass is 1140 g/mol. The number of hydrogen-bond donors (Lipinski definition) is 0. The number of hydrogen-bond acceptors (Lipinski definition) is 6. The first-order valence-corrected chi connectivity index (χ1v) is 26.6. The molecule has 0 spiro atoms. The molecule has 9 saturated heterocycles. The van der Waals surface area contributed by atoms with Gasteiger partial charge in [-0.3, -0.25) is 0 Å². The van der Waals surface area contributed by atoms with Crippen molar-refractivity contribution in [3.8, 4) is 0 Å². The molecule has 0 amide bonds. The summed E-state index contributed by atoms with van der Waals surface area (Å²) in [7, 11) is 0. The van der Waals surface area contributed by atoms with Gasteiger partial charge in [0, 0.05) is 50.1 Å². The Morgan fingerprint density at radius 2 is 0.703 bits per heavy atom. The minimum atomic E-state index is 0. The Kier molecular flexibility index (Phi) is 44.0. The van der Waals surface area contributed by atoms with Crippen LogP contribution >= 0.6 is 35.3 Å². The third-order valence-electron chi connectivity index (χ3n) is 12.6. The van der Waals surface area contributed by atoms with Gasteiger partial charge in [-0.1, -0.05) is 109 Å². The molecule has 9 aliphatic rings. The zero-order chi connectivity index (χ0) is 44.4. The Morgan fingerprint density at radius 3 is 0.906 bits per heavy atom. The van der Waals surface area contributed by atoms with Gasteiger partial charge >= 0.3 is 175 Å². The van der Waals surface area contributed by atoms with Gasteiger partial charge in [0.1, 0.15) is 13.2 Å². The molecule has 6 nitrogen and oxygen atoms in total. The molecule has 0 aliphatic carbocycles. The maximum absolute atomic E-state index is 7.32. The summed E-state index contributed by atoms with van der Waals surface area (Å²) in [5, 5.41) is 2.48. The number of thioether (sulfide) groups is 3. The summed E-state index contributed by atoms with van der Waals surface area (Å²) in [5.41, 5.74) is 20.9. The maximum Gasteiger partial charge on any atom is 1.00 e. The van der Waals surface area contributed by atoms with E-state index in [1.54, 1.807) is 13.8 Å². The molecule has 9 heterocycles. The molecule has 0 radical (unpaired) electrons. The van der Waals surface area contributed by atoms with E-state index in [-0.39, 0.29) is 175 Å². The van der Waals surface area contributed by atoms with Crippen molar-refractivity contribution in [2.24, 2.45) is 17.8 Å². The fourth-order valence-corrected chi connectivity index (χ4v) is 12.6. The second kappa shape index (κ2) is 41.4. The molecule has 14 heteroatoms. The minimum Gasteiger partial charge on any atom is -0.678 e. The molecule has 3 aromatic carbocycles. The van der Waals surface area contributed by atoms with Crippen LogP contribution in [0.1, 0.15) is 71.8 Å². The van der Waals surface area contributed by atoms with E-state index in [1.807, 2.05) is 25.6 Å². The molecular weight excluding hydrogens is 1060 g/mol. The normalized spacial score (nSPS) is 25.9. The third-order valence-corrected chi connectivity index (χ3v) is 16.7. The second-order valence-corrected chi connectivity index (χ2v) is 21.5. The van der Waals surface area contributed by atoms with Crippen LogP contribution in [0.15, 0.2) is 99.6 Å². The van der Waals surface area contributed by atoms with Crippen molar-refractivity contribution in [2.75, 3.05) is 72.0 Å². The van der Waals surface area contributed by atoms with Crippen molar-refractivity contribution in [2.45, 2.75) is 130 Å². The molecule has 3 atom stereocenters. The van der Waals surface area contributed by atoms with E-state index in [9.17, 15) is 0 Å². The van der Waals surface area contributed by atoms with E-state index in [4.69, 9.17) is 17.2 Å². The topological polar surface area (TPSA) is 81.1 Å². The number of piperidine rings is 9. The van der Waals surface area contributed by atoms with Crippen LogP contribution in [0.3, 0.4) is 0 Å². The smallest absolute Gasteiger partial charge is 0.678 e. The van der Waals surface area contributed by atoms with E-state index in [1.165, 1.54) is 112 Å². The molecule has 6 bridgehead atoms. The molecule has 0 saturated carbocycles. The van der Waals surface area contributed by atoms with E-state index >= 15 is 0 Å². The van der Waals surface area contributed by atoms with E-state index in [0.29, 0.717) is 19.6 Å². The first-order chi connectivity index (χ1) is 29.7. The van der Waals surface area contributed by atoms with Crippen LogP contribution in [-0.2, 0) is 6.54 Å². The van der Waals surface area contributed by atoms with Crippen LogP contribution in [0.5, 0.6) is 0 Å². The largest absolute Gasteiger partial charge is 1.00 e. The fraction of sp³-hybridized carbons (Fsp3) is 0.640. The third kappa shape index (κ3) is 26.8. The van der Waals surface area contributed by atoms with Crippen molar-refractivity contribution in [3.63, 3.8) is 0 Å². The first kappa shape index (κ1) is 68.0. The van der Waals surface area contributed by atoms with Crippen molar-refractivity contribution < 1.29 is 175 Å². The predicted molar refractivity (Wildman–Crippen MR) is 280 cm³/mol. The predicted octanol–water partition coefficient (Wildman–Crippen LogP) is 4.90. The number of nitrogens with one attached hydrogen (secondary N) is 3. The molecule has 12 rings (SSSR count). The zero-order valence-electron chi connectivity index (χ0n) is 42.5. The van der Waals surface area contributed by atoms with Gasteiger partial charge in [0.2, 0.25) is 0 Å². The van der Waals surface area contributed by atoms with Gasteiger partial charge in [0.05, 0.1) is 0 Å². The Balaban J connectivity index is 0.000000798. The Labute approximate surface area is 554 Å². The molecule has 3 aromatic rings. The average Bonchev–Trinajstić information content (AvgIpc) is 3.30. The van der Waals surface area contributed by atoms with Crippen LogP contribution in [0, 0.1) is 17.8 Å². The standard InChI is InChI=1S/C14H19N2S.2C13H17NS.C4H12B2.2C2H6N.C2H6.3Rb/c15-9-11-1-3-13(4-2-11)17-14-10-16-7-5-12(14)6-8-16;2*1-2-4-12(5-3-1)15-13-10-14-8-6-11(13)7-9-14;1-5(2)6(3)4;2*1-2-3;1-2;;;/h1-4,12,14-15H,5-10H2;2*1-5,11,13H,6-10H2;1-4H3;2*3H,2H2,1H3;1-2H3;;;/q-1;;;;2*-1;;3*+1/t14-;2*13-;;;;;;;/m000......./s1. The Morgan fingerprint density at radius 1 is 0.453 bits per heavy atom. The van der Waals surface area contributed by atoms with Crippen molar-refractivity contribution in [3.05, 3.63) is 108 Å². The van der Waals surface area contributed by atoms with Crippen LogP contribution in [0.25, 0.3) is 17.2 Å². The number of fused-ring (bicyclic) bond motifs is 9. The van der Waals surface area contributed by atoms with Crippen LogP contribution in [0.2, 0.25) is 27.3 Å². The fourth-order valence-electron chi connectivity index (χ4n) is 8.34. The second-order valence-electron chi connectivity index (χ2n) is 17.5. The summed E-state index contributed by atoms with van der Waals surface area (Å²) in [6, 6.07) is 30.3. The molecule has 9 aliphatic heterocycles. The van der Waals surface area contributed by atoms with Gasteiger partial charge < -0.3 is 31.9 Å². The number of nitrogens with zero attached hydrogens (tertiary/aromatic N) is 3. The molecule has 64 heavy (non-hydrogen) atoms. The van der Waals surface area contributed by atoms with Gasteiger partial charge in [-0.25, -0.2) is 0 Å². The molecule has 340 valence electrons. The minimum absolute atomic E-state index is 0. The Hall–Kier alpha value is 4.02. The van der Waals surface area contributed by atoms with Crippen molar-refractivity contribution in [1.29, 1.82) is 0 Å². The summed E-state index contributed by atoms with van der Waals surface area (Å²) in [6.45, 7) is 31.5. The van der Waals surface area contributed by atoms with Gasteiger partial charge in [-0.05, 0) is 132 Å². The number of benzene rings is 3. The maximum atomic E-state index is 7.32. The van der Waals surface area contributed by atoms with E-state index in [2.05, 4.69) is 150 Å². The molecule has 0 unspecified atom stereocenters. The van der Waals surface area contributed by atoms with Gasteiger partial charge in [-0.15, -0.1) is 41.8 Å². The van der Waals surface area contributed by atoms with Crippen LogP contribution in [0.4, 0.5) is 0 Å². The molecule has 9 fully saturated rings. The quantitative estimate of drug-likeness (QED) is 0.299. The number of rotatable bonds is 8. The SMILES string of the molecule is CB(C)B(C)C.CC.CC[NH-].CC[NH-].[NH-]Cc1ccc(S[C@H]2CN3CCC2CC3)cc1.[Rb+].[Rb+].[Rb+].c1ccc(S[C@H]2CN3CCC2CC3)cc1.c1ccc(S[C@H]2CN3CCC2CC3)cc1. The Bertz CT molecular complexity index is 1430. The molecule has 0 aromatic heterocycles. The zero-order valence-corrected chi connectivity index (χ0v) is 59.7. The van der Waals surface area contributed by atoms with E-state index < -0.39 is 0 Å². The molecule has 3 N–H and O–H groups in total. The summed E-state index contributed by atoms with van der Waals surface area (Å²) in [6.07, 6.45) is 8.47. The summed E-state index contributed by atoms with van der Waals surface area (Å²) in [5.74, 6) is 2.88. The van der Waals surface area contributed by atoms with Crippen LogP contribution < -0.4 is 175 Å². The summed E-state index contributed by atoms with van der Waals surface area (Å²) >= 11 is 6.22. The van der Waals surface area contributed by atoms with Crippen LogP contribution in [-0.4, -0.2) is 116 Å². The van der Waals surface area contributed by atoms with Gasteiger partial charge in [-0.2, -0.15) is 13.1 Å². The first-order valence-electron chi connectivity index (χ1n) is 24.0. The van der Waals surface area contributed by atoms with Gasteiger partial charge in [0.15, 0.2) is 0 Å². The molecular formula is C50H83B2N6Rb3S3.